The number of hydrogen-bond acceptors (Lipinski definition) is 2. The first-order valence-corrected chi connectivity index (χ1v) is 5.52. The number of phenols is 1. The fourth-order valence-electron chi connectivity index (χ4n) is 1.56. The Bertz CT molecular complexity index is 399. The fourth-order valence-corrected chi connectivity index (χ4v) is 1.56. The Morgan fingerprint density at radius 3 is 2.75 bits per heavy atom. The minimum atomic E-state index is 0.217. The molecular formula is C14H18O2. The summed E-state index contributed by atoms with van der Waals surface area (Å²) in [7, 11) is 1.56. The maximum Gasteiger partial charge on any atom is 0.161 e. The highest BCUT2D eigenvalue weighted by molar-refractivity contribution is 5.47. The zero-order chi connectivity index (χ0) is 12.0. The van der Waals surface area contributed by atoms with Crippen LogP contribution in [0.1, 0.15) is 38.2 Å². The number of phenolic OH excluding ortho intramolecular Hbond substituents is 1. The molecule has 0 spiro atoms. The maximum absolute atomic E-state index is 9.94. The first-order chi connectivity index (χ1) is 7.70. The summed E-state index contributed by atoms with van der Waals surface area (Å²) >= 11 is 0. The van der Waals surface area contributed by atoms with E-state index >= 15 is 0 Å². The molecule has 0 aromatic heterocycles. The Hall–Kier alpha value is -1.62. The molecule has 0 heterocycles. The third-order valence-corrected chi connectivity index (χ3v) is 2.49. The van der Waals surface area contributed by atoms with E-state index in [0.29, 0.717) is 5.75 Å². The van der Waals surface area contributed by atoms with Crippen molar-refractivity contribution >= 4 is 0 Å². The standard InChI is InChI=1S/C14H18O2/c1-4-5-6-8-11(2)12-9-7-10-13(16-3)14(12)15/h7,9-11,15H,4,8H2,1-3H3. The van der Waals surface area contributed by atoms with Crippen molar-refractivity contribution in [2.45, 2.75) is 32.6 Å². The predicted octanol–water partition coefficient (Wildman–Crippen LogP) is 3.31. The molecule has 0 saturated heterocycles. The highest BCUT2D eigenvalue weighted by atomic mass is 16.5. The molecule has 16 heavy (non-hydrogen) atoms. The predicted molar refractivity (Wildman–Crippen MR) is 65.8 cm³/mol. The van der Waals surface area contributed by atoms with Gasteiger partial charge in [0.05, 0.1) is 7.11 Å². The molecule has 2 nitrogen and oxygen atoms in total. The third-order valence-electron chi connectivity index (χ3n) is 2.49. The summed E-state index contributed by atoms with van der Waals surface area (Å²) in [5.41, 5.74) is 0.893. The number of rotatable bonds is 3. The average molecular weight is 218 g/mol. The normalized spacial score (nSPS) is 11.4. The Morgan fingerprint density at radius 2 is 2.12 bits per heavy atom. The topological polar surface area (TPSA) is 29.5 Å². The molecule has 0 fully saturated rings. The van der Waals surface area contributed by atoms with E-state index in [4.69, 9.17) is 4.74 Å². The zero-order valence-corrected chi connectivity index (χ0v) is 10.1. The van der Waals surface area contributed by atoms with Gasteiger partial charge >= 0.3 is 0 Å². The molecule has 1 aromatic rings. The van der Waals surface area contributed by atoms with Crippen LogP contribution in [0.25, 0.3) is 0 Å². The van der Waals surface area contributed by atoms with Crippen molar-refractivity contribution < 1.29 is 9.84 Å². The summed E-state index contributed by atoms with van der Waals surface area (Å²) in [5, 5.41) is 9.94. The Labute approximate surface area is 97.3 Å². The summed E-state index contributed by atoms with van der Waals surface area (Å²) in [6.07, 6.45) is 1.63. The molecule has 0 bridgehead atoms. The molecule has 1 rings (SSSR count). The Morgan fingerprint density at radius 1 is 1.38 bits per heavy atom. The first-order valence-electron chi connectivity index (χ1n) is 5.52. The third kappa shape index (κ3) is 2.93. The summed E-state index contributed by atoms with van der Waals surface area (Å²) in [6.45, 7) is 4.08. The van der Waals surface area contributed by atoms with Crippen LogP contribution in [-0.4, -0.2) is 12.2 Å². The van der Waals surface area contributed by atoms with Crippen molar-refractivity contribution in [3.05, 3.63) is 23.8 Å². The van der Waals surface area contributed by atoms with Gasteiger partial charge < -0.3 is 9.84 Å². The van der Waals surface area contributed by atoms with Gasteiger partial charge in [-0.2, -0.15) is 0 Å². The van der Waals surface area contributed by atoms with E-state index in [2.05, 4.69) is 18.8 Å². The Kier molecular flexibility index (Phi) is 4.72. The van der Waals surface area contributed by atoms with Gasteiger partial charge in [0.1, 0.15) is 0 Å². The van der Waals surface area contributed by atoms with E-state index in [1.54, 1.807) is 13.2 Å². The minimum absolute atomic E-state index is 0.217. The largest absolute Gasteiger partial charge is 0.504 e. The quantitative estimate of drug-likeness (QED) is 0.789. The van der Waals surface area contributed by atoms with E-state index < -0.39 is 0 Å². The lowest BCUT2D eigenvalue weighted by Crippen LogP contribution is -1.94. The molecule has 86 valence electrons. The summed E-state index contributed by atoms with van der Waals surface area (Å²) < 4.78 is 5.08. The van der Waals surface area contributed by atoms with E-state index in [9.17, 15) is 5.11 Å². The zero-order valence-electron chi connectivity index (χ0n) is 10.1. The molecular weight excluding hydrogens is 200 g/mol. The molecule has 1 N–H and O–H groups in total. The molecule has 1 unspecified atom stereocenters. The number of aromatic hydroxyl groups is 1. The SMILES string of the molecule is CCC#CCC(C)c1cccc(OC)c1O. The first kappa shape index (κ1) is 12.4. The summed E-state index contributed by atoms with van der Waals surface area (Å²) in [4.78, 5) is 0. The van der Waals surface area contributed by atoms with Crippen molar-refractivity contribution in [2.75, 3.05) is 7.11 Å². The second kappa shape index (κ2) is 6.07. The minimum Gasteiger partial charge on any atom is -0.504 e. The molecule has 0 aliphatic rings. The lowest BCUT2D eigenvalue weighted by atomic mass is 9.97. The van der Waals surface area contributed by atoms with E-state index in [0.717, 1.165) is 18.4 Å². The summed E-state index contributed by atoms with van der Waals surface area (Å²) in [6, 6.07) is 5.55. The average Bonchev–Trinajstić information content (AvgIpc) is 2.29. The van der Waals surface area contributed by atoms with Gasteiger partial charge in [-0.3, -0.25) is 0 Å². The molecule has 1 aromatic carbocycles. The molecule has 0 radical (unpaired) electrons. The van der Waals surface area contributed by atoms with Gasteiger partial charge in [0.2, 0.25) is 0 Å². The summed E-state index contributed by atoms with van der Waals surface area (Å²) in [5.74, 6) is 7.10. The van der Waals surface area contributed by atoms with Gasteiger partial charge in [-0.15, -0.1) is 11.8 Å². The van der Waals surface area contributed by atoms with Crippen LogP contribution in [0, 0.1) is 11.8 Å². The lowest BCUT2D eigenvalue weighted by Gasteiger charge is -2.12. The van der Waals surface area contributed by atoms with Gasteiger partial charge in [0.25, 0.3) is 0 Å². The number of benzene rings is 1. The molecule has 0 amide bonds. The molecule has 0 saturated carbocycles. The molecule has 1 atom stereocenters. The Balaban J connectivity index is 2.86. The van der Waals surface area contributed by atoms with Crippen LogP contribution < -0.4 is 4.74 Å². The van der Waals surface area contributed by atoms with Crippen LogP contribution in [0.4, 0.5) is 0 Å². The van der Waals surface area contributed by atoms with E-state index in [1.165, 1.54) is 0 Å². The van der Waals surface area contributed by atoms with Crippen LogP contribution in [0.3, 0.4) is 0 Å². The van der Waals surface area contributed by atoms with Crippen molar-refractivity contribution in [1.82, 2.24) is 0 Å². The van der Waals surface area contributed by atoms with Gasteiger partial charge in [0, 0.05) is 18.4 Å². The van der Waals surface area contributed by atoms with Crippen LogP contribution >= 0.6 is 0 Å². The highest BCUT2D eigenvalue weighted by Crippen LogP contribution is 2.35. The smallest absolute Gasteiger partial charge is 0.161 e. The van der Waals surface area contributed by atoms with Crippen molar-refractivity contribution in [1.29, 1.82) is 0 Å². The van der Waals surface area contributed by atoms with Gasteiger partial charge in [0.15, 0.2) is 11.5 Å². The number of para-hydroxylation sites is 1. The van der Waals surface area contributed by atoms with Crippen LogP contribution in [0.5, 0.6) is 11.5 Å². The van der Waals surface area contributed by atoms with Gasteiger partial charge in [-0.1, -0.05) is 26.0 Å². The van der Waals surface area contributed by atoms with E-state index in [-0.39, 0.29) is 11.7 Å². The lowest BCUT2D eigenvalue weighted by molar-refractivity contribution is 0.369. The van der Waals surface area contributed by atoms with Gasteiger partial charge in [-0.25, -0.2) is 0 Å². The maximum atomic E-state index is 9.94. The van der Waals surface area contributed by atoms with Gasteiger partial charge in [-0.05, 0) is 12.0 Å². The highest BCUT2D eigenvalue weighted by Gasteiger charge is 2.12. The van der Waals surface area contributed by atoms with Crippen molar-refractivity contribution in [3.8, 4) is 23.3 Å². The van der Waals surface area contributed by atoms with Crippen molar-refractivity contribution in [2.24, 2.45) is 0 Å². The van der Waals surface area contributed by atoms with Crippen LogP contribution in [-0.2, 0) is 0 Å². The number of hydrogen-bond donors (Lipinski definition) is 1. The van der Waals surface area contributed by atoms with E-state index in [1.807, 2.05) is 19.1 Å². The van der Waals surface area contributed by atoms with Crippen LogP contribution in [0.15, 0.2) is 18.2 Å². The number of methoxy groups -OCH3 is 1. The van der Waals surface area contributed by atoms with Crippen LogP contribution in [0.2, 0.25) is 0 Å². The fraction of sp³-hybridized carbons (Fsp3) is 0.429. The van der Waals surface area contributed by atoms with Crippen molar-refractivity contribution in [3.63, 3.8) is 0 Å². The second-order valence-electron chi connectivity index (χ2n) is 3.71. The monoisotopic (exact) mass is 218 g/mol. The molecule has 0 aliphatic carbocycles. The molecule has 0 aliphatic heterocycles. The molecule has 2 heteroatoms. The number of ether oxygens (including phenoxy) is 1. The second-order valence-corrected chi connectivity index (χ2v) is 3.71.